The summed E-state index contributed by atoms with van der Waals surface area (Å²) >= 11 is 1.11. The molecule has 0 saturated carbocycles. The fourth-order valence-corrected chi connectivity index (χ4v) is 3.40. The zero-order valence-corrected chi connectivity index (χ0v) is 13.9. The Balaban J connectivity index is 1.73. The molecule has 2 aromatic carbocycles. The van der Waals surface area contributed by atoms with Crippen LogP contribution in [0.2, 0.25) is 0 Å². The van der Waals surface area contributed by atoms with E-state index in [0.717, 1.165) is 11.8 Å². The highest BCUT2D eigenvalue weighted by Gasteiger charge is 2.30. The summed E-state index contributed by atoms with van der Waals surface area (Å²) in [4.78, 5) is 37.4. The Morgan fingerprint density at radius 3 is 2.17 bits per heavy atom. The Labute approximate surface area is 144 Å². The van der Waals surface area contributed by atoms with Crippen LogP contribution in [-0.2, 0) is 4.79 Å². The molecule has 1 aliphatic rings. The second-order valence-corrected chi connectivity index (χ2v) is 6.35. The van der Waals surface area contributed by atoms with Crippen molar-refractivity contribution in [3.8, 4) is 0 Å². The zero-order chi connectivity index (χ0) is 17.1. The SMILES string of the molecule is CC1=C(SCC(=O)Nc2ccccc2)C(=O)c2ccccc2C1=O. The molecule has 0 fully saturated rings. The van der Waals surface area contributed by atoms with Gasteiger partial charge in [-0.1, -0.05) is 42.5 Å². The number of anilines is 1. The van der Waals surface area contributed by atoms with E-state index in [-0.39, 0.29) is 23.2 Å². The maximum Gasteiger partial charge on any atom is 0.234 e. The lowest BCUT2D eigenvalue weighted by atomic mass is 9.90. The number of amides is 1. The Kier molecular flexibility index (Phi) is 4.62. The van der Waals surface area contributed by atoms with Crippen molar-refractivity contribution in [2.75, 3.05) is 11.1 Å². The number of para-hydroxylation sites is 1. The van der Waals surface area contributed by atoms with Crippen LogP contribution < -0.4 is 5.32 Å². The number of benzene rings is 2. The average molecular weight is 337 g/mol. The second-order valence-electron chi connectivity index (χ2n) is 5.36. The number of carbonyl (C=O) groups excluding carboxylic acids is 3. The number of rotatable bonds is 4. The molecule has 0 radical (unpaired) electrons. The van der Waals surface area contributed by atoms with Crippen molar-refractivity contribution in [2.24, 2.45) is 0 Å². The quantitative estimate of drug-likeness (QED) is 0.924. The molecule has 120 valence electrons. The molecule has 3 rings (SSSR count). The summed E-state index contributed by atoms with van der Waals surface area (Å²) in [5.41, 5.74) is 1.93. The van der Waals surface area contributed by atoms with Gasteiger partial charge in [0.1, 0.15) is 0 Å². The van der Waals surface area contributed by atoms with E-state index in [2.05, 4.69) is 5.32 Å². The minimum absolute atomic E-state index is 0.0722. The molecule has 0 atom stereocenters. The summed E-state index contributed by atoms with van der Waals surface area (Å²) in [5, 5.41) is 2.76. The van der Waals surface area contributed by atoms with Gasteiger partial charge in [-0.2, -0.15) is 0 Å². The molecule has 2 aromatic rings. The fourth-order valence-electron chi connectivity index (χ4n) is 2.51. The molecule has 5 heteroatoms. The first kappa shape index (κ1) is 16.2. The van der Waals surface area contributed by atoms with Crippen molar-refractivity contribution in [1.29, 1.82) is 0 Å². The summed E-state index contributed by atoms with van der Waals surface area (Å²) in [6.45, 7) is 1.63. The number of nitrogens with one attached hydrogen (secondary N) is 1. The van der Waals surface area contributed by atoms with Crippen LogP contribution in [0.4, 0.5) is 5.69 Å². The van der Waals surface area contributed by atoms with Gasteiger partial charge in [-0.15, -0.1) is 11.8 Å². The van der Waals surface area contributed by atoms with Gasteiger partial charge in [0.2, 0.25) is 11.7 Å². The predicted octanol–water partition coefficient (Wildman–Crippen LogP) is 3.71. The largest absolute Gasteiger partial charge is 0.325 e. The van der Waals surface area contributed by atoms with Gasteiger partial charge in [0.05, 0.1) is 10.7 Å². The van der Waals surface area contributed by atoms with Crippen molar-refractivity contribution in [3.05, 3.63) is 76.2 Å². The van der Waals surface area contributed by atoms with E-state index in [9.17, 15) is 14.4 Å². The van der Waals surface area contributed by atoms with Crippen molar-refractivity contribution >= 4 is 34.9 Å². The van der Waals surface area contributed by atoms with E-state index in [1.165, 1.54) is 0 Å². The molecular weight excluding hydrogens is 322 g/mol. The molecule has 0 aromatic heterocycles. The minimum Gasteiger partial charge on any atom is -0.325 e. The Hall–Kier alpha value is -2.66. The van der Waals surface area contributed by atoms with Gasteiger partial charge in [-0.3, -0.25) is 14.4 Å². The first-order valence-corrected chi connectivity index (χ1v) is 8.43. The Morgan fingerprint density at radius 1 is 0.917 bits per heavy atom. The van der Waals surface area contributed by atoms with Crippen LogP contribution in [0.3, 0.4) is 0 Å². The van der Waals surface area contributed by atoms with Crippen molar-refractivity contribution in [3.63, 3.8) is 0 Å². The number of thioether (sulfide) groups is 1. The van der Waals surface area contributed by atoms with E-state index in [1.807, 2.05) is 18.2 Å². The summed E-state index contributed by atoms with van der Waals surface area (Å²) in [5.74, 6) is -0.495. The molecule has 1 N–H and O–H groups in total. The van der Waals surface area contributed by atoms with E-state index in [4.69, 9.17) is 0 Å². The Morgan fingerprint density at radius 2 is 1.50 bits per heavy atom. The second kappa shape index (κ2) is 6.84. The maximum absolute atomic E-state index is 12.6. The summed E-state index contributed by atoms with van der Waals surface area (Å²) in [6.07, 6.45) is 0. The topological polar surface area (TPSA) is 63.2 Å². The van der Waals surface area contributed by atoms with Crippen LogP contribution in [0.5, 0.6) is 0 Å². The van der Waals surface area contributed by atoms with Gasteiger partial charge in [0.15, 0.2) is 5.78 Å². The number of hydrogen-bond acceptors (Lipinski definition) is 4. The van der Waals surface area contributed by atoms with E-state index < -0.39 is 0 Å². The highest BCUT2D eigenvalue weighted by Crippen LogP contribution is 2.32. The summed E-state index contributed by atoms with van der Waals surface area (Å²) in [6, 6.07) is 15.9. The molecule has 0 spiro atoms. The summed E-state index contributed by atoms with van der Waals surface area (Å²) in [7, 11) is 0. The third kappa shape index (κ3) is 3.16. The third-order valence-corrected chi connectivity index (χ3v) is 4.90. The van der Waals surface area contributed by atoms with E-state index >= 15 is 0 Å². The number of hydrogen-bond donors (Lipinski definition) is 1. The molecule has 0 aliphatic heterocycles. The molecule has 1 aliphatic carbocycles. The van der Waals surface area contributed by atoms with E-state index in [0.29, 0.717) is 27.3 Å². The van der Waals surface area contributed by atoms with Crippen molar-refractivity contribution < 1.29 is 14.4 Å². The lowest BCUT2D eigenvalue weighted by Gasteiger charge is -2.18. The van der Waals surface area contributed by atoms with Crippen LogP contribution >= 0.6 is 11.8 Å². The molecule has 0 unspecified atom stereocenters. The van der Waals surface area contributed by atoms with Gasteiger partial charge in [-0.05, 0) is 19.1 Å². The average Bonchev–Trinajstić information content (AvgIpc) is 2.60. The number of ketones is 2. The lowest BCUT2D eigenvalue weighted by molar-refractivity contribution is -0.113. The molecule has 1 amide bonds. The maximum atomic E-state index is 12.6. The van der Waals surface area contributed by atoms with Gasteiger partial charge in [0, 0.05) is 22.4 Å². The predicted molar refractivity (Wildman–Crippen MR) is 95.3 cm³/mol. The highest BCUT2D eigenvalue weighted by atomic mass is 32.2. The number of Topliss-reactive ketones (excluding diaryl/α,β-unsaturated/α-hetero) is 2. The van der Waals surface area contributed by atoms with Crippen LogP contribution in [0.1, 0.15) is 27.6 Å². The molecular formula is C19H15NO3S. The van der Waals surface area contributed by atoms with Gasteiger partial charge in [0.25, 0.3) is 0 Å². The number of allylic oxidation sites excluding steroid dienone is 2. The standard InChI is InChI=1S/C19H15NO3S/c1-12-17(22)14-9-5-6-10-15(14)18(23)19(12)24-11-16(21)20-13-7-3-2-4-8-13/h2-10H,11H2,1H3,(H,20,21). The molecule has 4 nitrogen and oxygen atoms in total. The lowest BCUT2D eigenvalue weighted by Crippen LogP contribution is -2.21. The van der Waals surface area contributed by atoms with Crippen LogP contribution in [-0.4, -0.2) is 23.2 Å². The number of carbonyl (C=O) groups is 3. The molecule has 0 heterocycles. The van der Waals surface area contributed by atoms with Crippen LogP contribution in [0.25, 0.3) is 0 Å². The highest BCUT2D eigenvalue weighted by molar-refractivity contribution is 8.04. The van der Waals surface area contributed by atoms with E-state index in [1.54, 1.807) is 43.3 Å². The smallest absolute Gasteiger partial charge is 0.234 e. The molecule has 0 saturated heterocycles. The first-order valence-electron chi connectivity index (χ1n) is 7.45. The summed E-state index contributed by atoms with van der Waals surface area (Å²) < 4.78 is 0. The van der Waals surface area contributed by atoms with Gasteiger partial charge < -0.3 is 5.32 Å². The van der Waals surface area contributed by atoms with Gasteiger partial charge >= 0.3 is 0 Å². The monoisotopic (exact) mass is 337 g/mol. The molecule has 24 heavy (non-hydrogen) atoms. The zero-order valence-electron chi connectivity index (χ0n) is 13.0. The molecule has 0 bridgehead atoms. The van der Waals surface area contributed by atoms with Crippen LogP contribution in [0, 0.1) is 0 Å². The third-order valence-electron chi connectivity index (χ3n) is 3.71. The van der Waals surface area contributed by atoms with Crippen molar-refractivity contribution in [2.45, 2.75) is 6.92 Å². The number of fused-ring (bicyclic) bond motifs is 1. The Bertz CT molecular complexity index is 856. The minimum atomic E-state index is -0.217. The van der Waals surface area contributed by atoms with Crippen LogP contribution in [0.15, 0.2) is 65.1 Å². The fraction of sp³-hybridized carbons (Fsp3) is 0.105. The first-order chi connectivity index (χ1) is 11.6. The van der Waals surface area contributed by atoms with Gasteiger partial charge in [-0.25, -0.2) is 0 Å². The van der Waals surface area contributed by atoms with Crippen molar-refractivity contribution in [1.82, 2.24) is 0 Å². The normalized spacial score (nSPS) is 13.7.